The van der Waals surface area contributed by atoms with Gasteiger partial charge in [-0.05, 0) is 6.42 Å². The van der Waals surface area contributed by atoms with Crippen molar-refractivity contribution in [1.82, 2.24) is 9.97 Å². The maximum absolute atomic E-state index is 5.54. The Morgan fingerprint density at radius 1 is 1.30 bits per heavy atom. The van der Waals surface area contributed by atoms with Crippen LogP contribution in [0.2, 0.25) is 0 Å². The van der Waals surface area contributed by atoms with E-state index in [1.165, 1.54) is 23.6 Å². The zero-order valence-corrected chi connectivity index (χ0v) is 13.6. The topological polar surface area (TPSA) is 47.0 Å². The summed E-state index contributed by atoms with van der Waals surface area (Å²) in [5.74, 6) is 4.41. The SMILES string of the molecule is CCC1SCCSC1c1nc2c(c(NC)n1)COCC2. The molecule has 1 N–H and O–H groups in total. The highest BCUT2D eigenvalue weighted by atomic mass is 32.2. The molecule has 3 rings (SSSR count). The largest absolute Gasteiger partial charge is 0.376 e. The highest BCUT2D eigenvalue weighted by Crippen LogP contribution is 2.43. The van der Waals surface area contributed by atoms with Gasteiger partial charge in [0.2, 0.25) is 0 Å². The number of nitrogens with zero attached hydrogens (tertiary/aromatic N) is 2. The van der Waals surface area contributed by atoms with Crippen molar-refractivity contribution in [3.63, 3.8) is 0 Å². The number of hydrogen-bond donors (Lipinski definition) is 1. The number of thioether (sulfide) groups is 2. The molecule has 0 saturated carbocycles. The lowest BCUT2D eigenvalue weighted by atomic mass is 10.1. The van der Waals surface area contributed by atoms with Crippen LogP contribution in [0.15, 0.2) is 0 Å². The number of fused-ring (bicyclic) bond motifs is 1. The molecule has 0 aromatic carbocycles. The molecule has 1 aromatic heterocycles. The lowest BCUT2D eigenvalue weighted by Gasteiger charge is -2.30. The molecule has 1 saturated heterocycles. The highest BCUT2D eigenvalue weighted by molar-refractivity contribution is 8.06. The number of nitrogens with one attached hydrogen (secondary N) is 1. The van der Waals surface area contributed by atoms with Crippen LogP contribution in [-0.2, 0) is 17.8 Å². The first-order chi connectivity index (χ1) is 9.83. The van der Waals surface area contributed by atoms with Crippen LogP contribution in [-0.4, -0.2) is 40.4 Å². The van der Waals surface area contributed by atoms with E-state index in [4.69, 9.17) is 14.7 Å². The Kier molecular flexibility index (Phi) is 4.73. The smallest absolute Gasteiger partial charge is 0.145 e. The normalized spacial score (nSPS) is 26.1. The number of anilines is 1. The minimum atomic E-state index is 0.430. The van der Waals surface area contributed by atoms with Crippen LogP contribution < -0.4 is 5.32 Å². The van der Waals surface area contributed by atoms with Gasteiger partial charge in [0, 0.05) is 35.8 Å². The van der Waals surface area contributed by atoms with Crippen molar-refractivity contribution in [2.75, 3.05) is 30.5 Å². The molecule has 2 unspecified atom stereocenters. The summed E-state index contributed by atoms with van der Waals surface area (Å²) in [6, 6.07) is 0. The van der Waals surface area contributed by atoms with Crippen LogP contribution in [0.25, 0.3) is 0 Å². The molecule has 0 spiro atoms. The van der Waals surface area contributed by atoms with Crippen LogP contribution >= 0.6 is 23.5 Å². The van der Waals surface area contributed by atoms with Gasteiger partial charge in [0.05, 0.1) is 24.2 Å². The van der Waals surface area contributed by atoms with Gasteiger partial charge in [0.25, 0.3) is 0 Å². The molecule has 2 aliphatic heterocycles. The molecule has 0 aliphatic carbocycles. The molecule has 0 amide bonds. The first-order valence-corrected chi connectivity index (χ1v) is 9.31. The lowest BCUT2D eigenvalue weighted by Crippen LogP contribution is -2.23. The summed E-state index contributed by atoms with van der Waals surface area (Å²) in [4.78, 5) is 9.67. The van der Waals surface area contributed by atoms with Crippen molar-refractivity contribution in [2.45, 2.75) is 36.9 Å². The number of ether oxygens (including phenoxy) is 1. The van der Waals surface area contributed by atoms with Crippen molar-refractivity contribution >= 4 is 29.3 Å². The van der Waals surface area contributed by atoms with E-state index in [-0.39, 0.29) is 0 Å². The summed E-state index contributed by atoms with van der Waals surface area (Å²) in [6.07, 6.45) is 2.08. The van der Waals surface area contributed by atoms with Crippen LogP contribution in [0, 0.1) is 0 Å². The second-order valence-corrected chi connectivity index (χ2v) is 7.61. The molecule has 0 bridgehead atoms. The third-order valence-electron chi connectivity index (χ3n) is 3.78. The van der Waals surface area contributed by atoms with E-state index in [2.05, 4.69) is 24.0 Å². The van der Waals surface area contributed by atoms with Gasteiger partial charge in [-0.2, -0.15) is 11.8 Å². The highest BCUT2D eigenvalue weighted by Gasteiger charge is 2.30. The molecule has 4 nitrogen and oxygen atoms in total. The predicted octanol–water partition coefficient (Wildman–Crippen LogP) is 2.89. The summed E-state index contributed by atoms with van der Waals surface area (Å²) in [5.41, 5.74) is 2.32. The van der Waals surface area contributed by atoms with E-state index in [1.807, 2.05) is 18.8 Å². The fourth-order valence-corrected chi connectivity index (χ4v) is 5.72. The average Bonchev–Trinajstić information content (AvgIpc) is 2.53. The molecule has 6 heteroatoms. The van der Waals surface area contributed by atoms with Crippen LogP contribution in [0.5, 0.6) is 0 Å². The van der Waals surface area contributed by atoms with Gasteiger partial charge in [0.15, 0.2) is 0 Å². The maximum atomic E-state index is 5.54. The summed E-state index contributed by atoms with van der Waals surface area (Å²) >= 11 is 4.09. The zero-order chi connectivity index (χ0) is 13.9. The number of rotatable bonds is 3. The third kappa shape index (κ3) is 2.78. The van der Waals surface area contributed by atoms with Gasteiger partial charge in [-0.3, -0.25) is 0 Å². The molecule has 2 atom stereocenters. The average molecular weight is 311 g/mol. The van der Waals surface area contributed by atoms with Gasteiger partial charge < -0.3 is 10.1 Å². The first-order valence-electron chi connectivity index (χ1n) is 7.22. The molecular weight excluding hydrogens is 290 g/mol. The van der Waals surface area contributed by atoms with Gasteiger partial charge in [-0.15, -0.1) is 11.8 Å². The van der Waals surface area contributed by atoms with Gasteiger partial charge in [0.1, 0.15) is 11.6 Å². The fourth-order valence-electron chi connectivity index (χ4n) is 2.73. The molecule has 0 radical (unpaired) electrons. The maximum Gasteiger partial charge on any atom is 0.145 e. The van der Waals surface area contributed by atoms with Crippen molar-refractivity contribution < 1.29 is 4.74 Å². The van der Waals surface area contributed by atoms with E-state index in [1.54, 1.807) is 0 Å². The van der Waals surface area contributed by atoms with Crippen LogP contribution in [0.1, 0.15) is 35.7 Å². The molecule has 1 aromatic rings. The Morgan fingerprint density at radius 3 is 2.95 bits per heavy atom. The third-order valence-corrected chi connectivity index (χ3v) is 7.03. The van der Waals surface area contributed by atoms with Gasteiger partial charge in [-0.25, -0.2) is 9.97 Å². The molecule has 1 fully saturated rings. The Morgan fingerprint density at radius 2 is 2.15 bits per heavy atom. The number of hydrogen-bond acceptors (Lipinski definition) is 6. The standard InChI is InChI=1S/C14H21N3OS2/c1-3-11-12(20-7-6-19-11)14-16-10-4-5-18-8-9(10)13(15-2)17-14/h11-12H,3-8H2,1-2H3,(H,15,16,17). The van der Waals surface area contributed by atoms with E-state index in [0.29, 0.717) is 17.1 Å². The van der Waals surface area contributed by atoms with E-state index in [0.717, 1.165) is 30.2 Å². The Hall–Kier alpha value is -0.460. The molecule has 3 heterocycles. The minimum absolute atomic E-state index is 0.430. The molecule has 20 heavy (non-hydrogen) atoms. The van der Waals surface area contributed by atoms with Gasteiger partial charge >= 0.3 is 0 Å². The number of aromatic nitrogens is 2. The molecule has 2 aliphatic rings. The quantitative estimate of drug-likeness (QED) is 0.926. The Bertz CT molecular complexity index is 466. The fraction of sp³-hybridized carbons (Fsp3) is 0.714. The second-order valence-electron chi connectivity index (χ2n) is 5.02. The monoisotopic (exact) mass is 311 g/mol. The van der Waals surface area contributed by atoms with E-state index in [9.17, 15) is 0 Å². The summed E-state index contributed by atoms with van der Waals surface area (Å²) in [5, 5.41) is 4.29. The van der Waals surface area contributed by atoms with Gasteiger partial charge in [-0.1, -0.05) is 6.92 Å². The summed E-state index contributed by atoms with van der Waals surface area (Å²) < 4.78 is 5.54. The second kappa shape index (κ2) is 6.54. The van der Waals surface area contributed by atoms with E-state index < -0.39 is 0 Å². The van der Waals surface area contributed by atoms with Crippen molar-refractivity contribution in [3.05, 3.63) is 17.1 Å². The summed E-state index contributed by atoms with van der Waals surface area (Å²) in [6.45, 7) is 3.67. The van der Waals surface area contributed by atoms with Crippen molar-refractivity contribution in [3.8, 4) is 0 Å². The Labute approximate surface area is 128 Å². The zero-order valence-electron chi connectivity index (χ0n) is 12.0. The first kappa shape index (κ1) is 14.5. The van der Waals surface area contributed by atoms with Crippen LogP contribution in [0.4, 0.5) is 5.82 Å². The van der Waals surface area contributed by atoms with Crippen molar-refractivity contribution in [1.29, 1.82) is 0 Å². The van der Waals surface area contributed by atoms with E-state index >= 15 is 0 Å². The summed E-state index contributed by atoms with van der Waals surface area (Å²) in [7, 11) is 1.93. The molecular formula is C14H21N3OS2. The minimum Gasteiger partial charge on any atom is -0.376 e. The Balaban J connectivity index is 1.96. The van der Waals surface area contributed by atoms with Crippen molar-refractivity contribution in [2.24, 2.45) is 0 Å². The molecule has 110 valence electrons. The van der Waals surface area contributed by atoms with Crippen LogP contribution in [0.3, 0.4) is 0 Å². The lowest BCUT2D eigenvalue weighted by molar-refractivity contribution is 0.109. The predicted molar refractivity (Wildman–Crippen MR) is 86.7 cm³/mol.